The molecule has 3 rings (SSSR count). The number of phenols is 1. The Kier molecular flexibility index (Phi) is 7.48. The normalized spacial score (nSPS) is 11.5. The zero-order chi connectivity index (χ0) is 24.3. The van der Waals surface area contributed by atoms with Crippen LogP contribution in [0.25, 0.3) is 0 Å². The first kappa shape index (κ1) is 24.8. The van der Waals surface area contributed by atoms with E-state index in [-0.39, 0.29) is 34.4 Å². The number of carbonyl (C=O) groups is 1. The second kappa shape index (κ2) is 9.96. The van der Waals surface area contributed by atoms with E-state index in [4.69, 9.17) is 27.9 Å². The van der Waals surface area contributed by atoms with Gasteiger partial charge in [-0.15, -0.1) is 0 Å². The van der Waals surface area contributed by atoms with Crippen LogP contribution in [0.5, 0.6) is 11.5 Å². The highest BCUT2D eigenvalue weighted by molar-refractivity contribution is 7.89. The molecule has 0 bridgehead atoms. The van der Waals surface area contributed by atoms with Gasteiger partial charge < -0.3 is 14.9 Å². The maximum atomic E-state index is 13.5. The zero-order valence-corrected chi connectivity index (χ0v) is 19.5. The van der Waals surface area contributed by atoms with Crippen LogP contribution in [0, 0.1) is 5.82 Å². The molecule has 0 radical (unpaired) electrons. The summed E-state index contributed by atoms with van der Waals surface area (Å²) in [4.78, 5) is 10.8. The van der Waals surface area contributed by atoms with Crippen LogP contribution in [-0.2, 0) is 23.1 Å². The number of hydrogen-bond acceptors (Lipinski definition) is 5. The first-order valence-electron chi connectivity index (χ1n) is 9.35. The van der Waals surface area contributed by atoms with E-state index in [1.807, 2.05) is 0 Å². The van der Waals surface area contributed by atoms with Gasteiger partial charge in [-0.3, -0.25) is 0 Å². The minimum absolute atomic E-state index is 0.00139. The fourth-order valence-electron chi connectivity index (χ4n) is 3.10. The number of nitrogens with zero attached hydrogens (tertiary/aromatic N) is 1. The molecule has 0 aliphatic rings. The average molecular weight is 514 g/mol. The topological polar surface area (TPSA) is 104 Å². The van der Waals surface area contributed by atoms with Gasteiger partial charge in [0.2, 0.25) is 10.0 Å². The molecule has 0 aliphatic heterocycles. The van der Waals surface area contributed by atoms with Gasteiger partial charge in [-0.2, -0.15) is 4.31 Å². The molecular weight excluding hydrogens is 496 g/mol. The van der Waals surface area contributed by atoms with Crippen LogP contribution >= 0.6 is 23.2 Å². The fourth-order valence-corrected chi connectivity index (χ4v) is 5.25. The van der Waals surface area contributed by atoms with Crippen LogP contribution in [0.1, 0.15) is 21.5 Å². The molecule has 0 fully saturated rings. The highest BCUT2D eigenvalue weighted by Gasteiger charge is 2.30. The van der Waals surface area contributed by atoms with E-state index < -0.39 is 32.5 Å². The number of rotatable bonds is 8. The largest absolute Gasteiger partial charge is 0.505 e. The molecule has 11 heteroatoms. The third kappa shape index (κ3) is 5.56. The smallest absolute Gasteiger partial charge is 0.335 e. The number of carboxylic acids is 1. The summed E-state index contributed by atoms with van der Waals surface area (Å²) in [6, 6.07) is 11.5. The van der Waals surface area contributed by atoms with Crippen molar-refractivity contribution in [2.75, 3.05) is 7.11 Å². The monoisotopic (exact) mass is 513 g/mol. The molecule has 33 heavy (non-hydrogen) atoms. The van der Waals surface area contributed by atoms with Gasteiger partial charge in [-0.25, -0.2) is 17.6 Å². The molecule has 0 aromatic heterocycles. The van der Waals surface area contributed by atoms with E-state index in [1.54, 1.807) is 0 Å². The summed E-state index contributed by atoms with van der Waals surface area (Å²) < 4.78 is 46.7. The lowest BCUT2D eigenvalue weighted by molar-refractivity contribution is 0.0696. The fraction of sp³-hybridized carbons (Fsp3) is 0.136. The summed E-state index contributed by atoms with van der Waals surface area (Å²) in [6.45, 7) is -0.456. The quantitative estimate of drug-likeness (QED) is 0.442. The molecule has 0 amide bonds. The van der Waals surface area contributed by atoms with Crippen molar-refractivity contribution in [3.05, 3.63) is 87.2 Å². The Hall–Kier alpha value is -2.85. The molecule has 3 aromatic carbocycles. The van der Waals surface area contributed by atoms with Gasteiger partial charge in [0.15, 0.2) is 5.75 Å². The number of halogens is 3. The Balaban J connectivity index is 2.11. The van der Waals surface area contributed by atoms with E-state index >= 15 is 0 Å². The average Bonchev–Trinajstić information content (AvgIpc) is 2.77. The number of benzene rings is 3. The van der Waals surface area contributed by atoms with Crippen molar-refractivity contribution in [3.63, 3.8) is 0 Å². The summed E-state index contributed by atoms with van der Waals surface area (Å²) >= 11 is 11.9. The maximum Gasteiger partial charge on any atom is 0.335 e. The van der Waals surface area contributed by atoms with Crippen LogP contribution < -0.4 is 4.74 Å². The standard InChI is InChI=1S/C22H18Cl2FNO6S/c1-32-19-8-14(22(28)29)4-5-15(19)12-26(11-13-2-6-17(25)7-3-13)33(30,31)20-10-16(23)9-18(24)21(20)27/h2-10,27H,11-12H2,1H3,(H,28,29). The van der Waals surface area contributed by atoms with Gasteiger partial charge in [0.25, 0.3) is 0 Å². The molecule has 7 nitrogen and oxygen atoms in total. The number of hydrogen-bond donors (Lipinski definition) is 2. The van der Waals surface area contributed by atoms with Gasteiger partial charge in [-0.1, -0.05) is 41.4 Å². The predicted molar refractivity (Wildman–Crippen MR) is 121 cm³/mol. The number of phenolic OH excluding ortho intramolecular Hbond substituents is 1. The van der Waals surface area contributed by atoms with E-state index in [9.17, 15) is 27.8 Å². The van der Waals surface area contributed by atoms with Crippen LogP contribution in [0.15, 0.2) is 59.5 Å². The van der Waals surface area contributed by atoms with Crippen molar-refractivity contribution in [1.29, 1.82) is 0 Å². The van der Waals surface area contributed by atoms with Gasteiger partial charge in [0.05, 0.1) is 17.7 Å². The first-order chi connectivity index (χ1) is 15.5. The Morgan fingerprint density at radius 3 is 2.33 bits per heavy atom. The Labute approximate surface area is 199 Å². The molecule has 3 aromatic rings. The van der Waals surface area contributed by atoms with Gasteiger partial charge >= 0.3 is 5.97 Å². The summed E-state index contributed by atoms with van der Waals surface area (Å²) in [5, 5.41) is 19.3. The van der Waals surface area contributed by atoms with Crippen LogP contribution in [0.4, 0.5) is 4.39 Å². The lowest BCUT2D eigenvalue weighted by Crippen LogP contribution is -2.30. The summed E-state index contributed by atoms with van der Waals surface area (Å²) in [5.74, 6) is -2.17. The van der Waals surface area contributed by atoms with Gasteiger partial charge in [0.1, 0.15) is 16.5 Å². The van der Waals surface area contributed by atoms with Crippen LogP contribution in [0.2, 0.25) is 10.0 Å². The number of ether oxygens (including phenoxy) is 1. The second-order valence-electron chi connectivity index (χ2n) is 6.97. The molecule has 0 atom stereocenters. The third-order valence-electron chi connectivity index (χ3n) is 4.76. The summed E-state index contributed by atoms with van der Waals surface area (Å²) in [7, 11) is -3.06. The molecule has 0 heterocycles. The van der Waals surface area contributed by atoms with Crippen molar-refractivity contribution < 1.29 is 32.6 Å². The molecule has 0 saturated heterocycles. The number of methoxy groups -OCH3 is 1. The lowest BCUT2D eigenvalue weighted by Gasteiger charge is -2.24. The molecule has 0 aliphatic carbocycles. The molecular formula is C22H18Cl2FNO6S. The second-order valence-corrected chi connectivity index (χ2v) is 9.72. The zero-order valence-electron chi connectivity index (χ0n) is 17.1. The molecule has 0 saturated carbocycles. The SMILES string of the molecule is COc1cc(C(=O)O)ccc1CN(Cc1ccc(F)cc1)S(=O)(=O)c1cc(Cl)cc(Cl)c1O. The predicted octanol–water partition coefficient (Wildman–Crippen LogP) is 4.94. The van der Waals surface area contributed by atoms with Crippen LogP contribution in [0.3, 0.4) is 0 Å². The van der Waals surface area contributed by atoms with Crippen molar-refractivity contribution in [1.82, 2.24) is 4.31 Å². The highest BCUT2D eigenvalue weighted by atomic mass is 35.5. The number of aromatic hydroxyl groups is 1. The number of sulfonamides is 1. The Morgan fingerprint density at radius 1 is 1.06 bits per heavy atom. The lowest BCUT2D eigenvalue weighted by atomic mass is 10.1. The highest BCUT2D eigenvalue weighted by Crippen LogP contribution is 2.37. The number of carboxylic acid groups (broad SMARTS) is 1. The van der Waals surface area contributed by atoms with Crippen molar-refractivity contribution in [3.8, 4) is 11.5 Å². The molecule has 174 valence electrons. The minimum Gasteiger partial charge on any atom is -0.505 e. The molecule has 0 spiro atoms. The maximum absolute atomic E-state index is 13.5. The third-order valence-corrected chi connectivity index (χ3v) is 7.08. The van der Waals surface area contributed by atoms with Gasteiger partial charge in [0, 0.05) is 23.7 Å². The van der Waals surface area contributed by atoms with E-state index in [0.29, 0.717) is 11.1 Å². The van der Waals surface area contributed by atoms with E-state index in [0.717, 1.165) is 10.4 Å². The van der Waals surface area contributed by atoms with Crippen molar-refractivity contribution in [2.45, 2.75) is 18.0 Å². The Bertz CT molecular complexity index is 1300. The number of aromatic carboxylic acids is 1. The first-order valence-corrected chi connectivity index (χ1v) is 11.6. The van der Waals surface area contributed by atoms with Crippen molar-refractivity contribution >= 4 is 39.2 Å². The molecule has 2 N–H and O–H groups in total. The van der Waals surface area contributed by atoms with E-state index in [1.165, 1.54) is 55.6 Å². The van der Waals surface area contributed by atoms with Gasteiger partial charge in [-0.05, 0) is 42.0 Å². The summed E-state index contributed by atoms with van der Waals surface area (Å²) in [6.07, 6.45) is 0. The summed E-state index contributed by atoms with van der Waals surface area (Å²) in [5.41, 5.74) is 0.789. The Morgan fingerprint density at radius 2 is 1.73 bits per heavy atom. The van der Waals surface area contributed by atoms with Crippen molar-refractivity contribution in [2.24, 2.45) is 0 Å². The minimum atomic E-state index is -4.39. The van der Waals surface area contributed by atoms with Crippen LogP contribution in [-0.4, -0.2) is 36.0 Å². The molecule has 0 unspecified atom stereocenters. The van der Waals surface area contributed by atoms with E-state index in [2.05, 4.69) is 0 Å².